The minimum atomic E-state index is 1.24. The van der Waals surface area contributed by atoms with E-state index in [1.54, 1.807) is 0 Å². The second-order valence-corrected chi connectivity index (χ2v) is 10.5. The molecule has 0 aliphatic carbocycles. The van der Waals surface area contributed by atoms with Crippen molar-refractivity contribution in [1.29, 1.82) is 0 Å². The lowest BCUT2D eigenvalue weighted by molar-refractivity contribution is 1.65. The molecule has 0 aromatic heterocycles. The van der Waals surface area contributed by atoms with E-state index in [1.807, 2.05) is 0 Å². The van der Waals surface area contributed by atoms with Gasteiger partial charge >= 0.3 is 0 Å². The number of fused-ring (bicyclic) bond motifs is 5. The molecule has 186 valence electrons. The van der Waals surface area contributed by atoms with Crippen molar-refractivity contribution in [3.8, 4) is 33.4 Å². The summed E-state index contributed by atoms with van der Waals surface area (Å²) >= 11 is 0. The van der Waals surface area contributed by atoms with Crippen LogP contribution in [0, 0.1) is 0 Å². The number of rotatable bonds is 3. The molecule has 0 unspecified atom stereocenters. The van der Waals surface area contributed by atoms with Crippen LogP contribution in [0.3, 0.4) is 0 Å². The smallest absolute Gasteiger partial charge is 0.00201 e. The van der Waals surface area contributed by atoms with Crippen LogP contribution in [0.25, 0.3) is 76.5 Å². The molecular weight excluding hydrogens is 480 g/mol. The first-order valence-electron chi connectivity index (χ1n) is 13.9. The highest BCUT2D eigenvalue weighted by molar-refractivity contribution is 6.24. The van der Waals surface area contributed by atoms with Crippen LogP contribution in [-0.4, -0.2) is 0 Å². The lowest BCUT2D eigenvalue weighted by Crippen LogP contribution is -1.91. The van der Waals surface area contributed by atoms with Crippen molar-refractivity contribution in [2.75, 3.05) is 0 Å². The first-order chi connectivity index (χ1) is 19.9. The minimum absolute atomic E-state index is 1.24. The highest BCUT2D eigenvalue weighted by atomic mass is 14.2. The Hall–Kier alpha value is -5.20. The fourth-order valence-electron chi connectivity index (χ4n) is 6.45. The van der Waals surface area contributed by atoms with Gasteiger partial charge in [0.1, 0.15) is 0 Å². The fraction of sp³-hybridized carbons (Fsp3) is 0. The third-order valence-electron chi connectivity index (χ3n) is 8.25. The van der Waals surface area contributed by atoms with Gasteiger partial charge in [0, 0.05) is 0 Å². The van der Waals surface area contributed by atoms with Gasteiger partial charge in [-0.2, -0.15) is 0 Å². The SMILES string of the molecule is c1ccc(-c2ccc3ccc4c(-c5c6ccccc6c(-c6ccccc6)c6ccccc56)cccc4c3c2)cc1. The summed E-state index contributed by atoms with van der Waals surface area (Å²) in [5.74, 6) is 0. The van der Waals surface area contributed by atoms with Crippen LogP contribution >= 0.6 is 0 Å². The quantitative estimate of drug-likeness (QED) is 0.165. The summed E-state index contributed by atoms with van der Waals surface area (Å²) < 4.78 is 0. The number of hydrogen-bond acceptors (Lipinski definition) is 0. The molecule has 40 heavy (non-hydrogen) atoms. The summed E-state index contributed by atoms with van der Waals surface area (Å²) in [5, 5.41) is 10.2. The predicted octanol–water partition coefficient (Wildman–Crippen LogP) is 11.3. The normalized spacial score (nSPS) is 11.5. The van der Waals surface area contributed by atoms with Gasteiger partial charge in [0.2, 0.25) is 0 Å². The molecule has 0 amide bonds. The van der Waals surface area contributed by atoms with E-state index in [4.69, 9.17) is 0 Å². The van der Waals surface area contributed by atoms with Crippen LogP contribution in [0.2, 0.25) is 0 Å². The van der Waals surface area contributed by atoms with Gasteiger partial charge in [0.15, 0.2) is 0 Å². The average molecular weight is 507 g/mol. The molecule has 0 heterocycles. The van der Waals surface area contributed by atoms with Crippen LogP contribution in [0.4, 0.5) is 0 Å². The molecule has 0 nitrogen and oxygen atoms in total. The molecule has 0 radical (unpaired) electrons. The summed E-state index contributed by atoms with van der Waals surface area (Å²) in [6, 6.07) is 57.5. The van der Waals surface area contributed by atoms with Gasteiger partial charge < -0.3 is 0 Å². The second-order valence-electron chi connectivity index (χ2n) is 10.5. The van der Waals surface area contributed by atoms with Crippen LogP contribution in [-0.2, 0) is 0 Å². The Morgan fingerprint density at radius 3 is 1.43 bits per heavy atom. The van der Waals surface area contributed by atoms with Gasteiger partial charge in [-0.05, 0) is 82.5 Å². The summed E-state index contributed by atoms with van der Waals surface area (Å²) in [7, 11) is 0. The molecule has 0 aliphatic rings. The maximum Gasteiger partial charge on any atom is -0.00201 e. The zero-order valence-corrected chi connectivity index (χ0v) is 22.0. The van der Waals surface area contributed by atoms with E-state index >= 15 is 0 Å². The molecule has 8 aromatic carbocycles. The molecule has 0 aliphatic heterocycles. The van der Waals surface area contributed by atoms with Crippen molar-refractivity contribution in [2.45, 2.75) is 0 Å². The molecule has 0 bridgehead atoms. The van der Waals surface area contributed by atoms with Crippen LogP contribution in [0.5, 0.6) is 0 Å². The van der Waals surface area contributed by atoms with Gasteiger partial charge in [0.25, 0.3) is 0 Å². The van der Waals surface area contributed by atoms with E-state index in [0.29, 0.717) is 0 Å². The average Bonchev–Trinajstić information content (AvgIpc) is 3.04. The van der Waals surface area contributed by atoms with Crippen molar-refractivity contribution in [2.24, 2.45) is 0 Å². The van der Waals surface area contributed by atoms with Crippen LogP contribution in [0.15, 0.2) is 158 Å². The third-order valence-corrected chi connectivity index (χ3v) is 8.25. The fourth-order valence-corrected chi connectivity index (χ4v) is 6.45. The van der Waals surface area contributed by atoms with E-state index < -0.39 is 0 Å². The number of hydrogen-bond donors (Lipinski definition) is 0. The molecule has 8 aromatic rings. The van der Waals surface area contributed by atoms with E-state index in [-0.39, 0.29) is 0 Å². The van der Waals surface area contributed by atoms with Crippen molar-refractivity contribution in [1.82, 2.24) is 0 Å². The first-order valence-corrected chi connectivity index (χ1v) is 13.9. The second kappa shape index (κ2) is 9.22. The maximum atomic E-state index is 2.35. The Balaban J connectivity index is 1.47. The summed E-state index contributed by atoms with van der Waals surface area (Å²) in [6.07, 6.45) is 0. The van der Waals surface area contributed by atoms with Gasteiger partial charge in [-0.25, -0.2) is 0 Å². The van der Waals surface area contributed by atoms with Gasteiger partial charge in [-0.3, -0.25) is 0 Å². The van der Waals surface area contributed by atoms with Gasteiger partial charge in [-0.1, -0.05) is 152 Å². The van der Waals surface area contributed by atoms with Crippen molar-refractivity contribution < 1.29 is 0 Å². The van der Waals surface area contributed by atoms with E-state index in [0.717, 1.165) is 0 Å². The predicted molar refractivity (Wildman–Crippen MR) is 173 cm³/mol. The zero-order chi connectivity index (χ0) is 26.5. The summed E-state index contributed by atoms with van der Waals surface area (Å²) in [5.41, 5.74) is 7.61. The molecule has 8 rings (SSSR count). The Morgan fingerprint density at radius 2 is 0.775 bits per heavy atom. The summed E-state index contributed by atoms with van der Waals surface area (Å²) in [4.78, 5) is 0. The Labute approximate surface area is 233 Å². The minimum Gasteiger partial charge on any atom is -0.0622 e. The molecule has 0 spiro atoms. The standard InChI is InChI=1S/C40H26/c1-3-12-27(13-4-1)30-23-22-28-24-25-32-31(38(28)26-30)20-11-21-33(32)40-36-18-9-7-16-34(36)39(29-14-5-2-6-15-29)35-17-8-10-19-37(35)40/h1-26H. The topological polar surface area (TPSA) is 0 Å². The molecule has 0 saturated heterocycles. The highest BCUT2D eigenvalue weighted by Crippen LogP contribution is 2.45. The van der Waals surface area contributed by atoms with Gasteiger partial charge in [-0.15, -0.1) is 0 Å². The zero-order valence-electron chi connectivity index (χ0n) is 22.0. The van der Waals surface area contributed by atoms with Gasteiger partial charge in [0.05, 0.1) is 0 Å². The maximum absolute atomic E-state index is 2.35. The van der Waals surface area contributed by atoms with E-state index in [1.165, 1.54) is 76.5 Å². The van der Waals surface area contributed by atoms with Crippen molar-refractivity contribution in [3.05, 3.63) is 158 Å². The Bertz CT molecular complexity index is 2130. The van der Waals surface area contributed by atoms with Crippen molar-refractivity contribution >= 4 is 43.1 Å². The van der Waals surface area contributed by atoms with Crippen molar-refractivity contribution in [3.63, 3.8) is 0 Å². The van der Waals surface area contributed by atoms with Crippen LogP contribution < -0.4 is 0 Å². The monoisotopic (exact) mass is 506 g/mol. The molecule has 0 heteroatoms. The first kappa shape index (κ1) is 22.8. The molecule has 0 fully saturated rings. The summed E-state index contributed by atoms with van der Waals surface area (Å²) in [6.45, 7) is 0. The lowest BCUT2D eigenvalue weighted by Gasteiger charge is -2.19. The molecule has 0 atom stereocenters. The van der Waals surface area contributed by atoms with E-state index in [9.17, 15) is 0 Å². The van der Waals surface area contributed by atoms with E-state index in [2.05, 4.69) is 158 Å². The third kappa shape index (κ3) is 3.54. The van der Waals surface area contributed by atoms with Crippen LogP contribution in [0.1, 0.15) is 0 Å². The Morgan fingerprint density at radius 1 is 0.250 bits per heavy atom. The highest BCUT2D eigenvalue weighted by Gasteiger charge is 2.18. The Kier molecular flexibility index (Phi) is 5.24. The molecular formula is C40H26. The lowest BCUT2D eigenvalue weighted by atomic mass is 9.84. The number of benzene rings is 8. The largest absolute Gasteiger partial charge is 0.0622 e. The molecule has 0 saturated carbocycles. The molecule has 0 N–H and O–H groups in total.